The summed E-state index contributed by atoms with van der Waals surface area (Å²) in [6.07, 6.45) is 4.92. The number of nitrogens with one attached hydrogen (secondary N) is 1. The van der Waals surface area contributed by atoms with Crippen molar-refractivity contribution in [2.24, 2.45) is 0 Å². The molecule has 1 aromatic heterocycles. The van der Waals surface area contributed by atoms with Crippen LogP contribution < -0.4 is 0 Å². The maximum Gasteiger partial charge on any atom is 0.246 e. The van der Waals surface area contributed by atoms with Gasteiger partial charge in [-0.3, -0.25) is 9.59 Å². The zero-order valence-electron chi connectivity index (χ0n) is 16.9. The molecule has 1 N–H and O–H groups in total. The van der Waals surface area contributed by atoms with Gasteiger partial charge in [0.15, 0.2) is 0 Å². The van der Waals surface area contributed by atoms with Gasteiger partial charge in [-0.2, -0.15) is 0 Å². The van der Waals surface area contributed by atoms with E-state index in [1.165, 1.54) is 5.56 Å². The Kier molecular flexibility index (Phi) is 3.98. The molecule has 1 saturated heterocycles. The predicted molar refractivity (Wildman–Crippen MR) is 115 cm³/mol. The molecule has 2 amide bonds. The Bertz CT molecular complexity index is 1130. The van der Waals surface area contributed by atoms with Crippen LogP contribution in [0.1, 0.15) is 48.5 Å². The highest BCUT2D eigenvalue weighted by molar-refractivity contribution is 5.97. The minimum Gasteiger partial charge on any atom is -0.356 e. The quantitative estimate of drug-likeness (QED) is 0.713. The Balaban J connectivity index is 1.51. The van der Waals surface area contributed by atoms with Crippen LogP contribution in [0.3, 0.4) is 0 Å². The number of para-hydroxylation sites is 1. The molecule has 0 radical (unpaired) electrons. The van der Waals surface area contributed by atoms with Crippen LogP contribution in [0.5, 0.6) is 0 Å². The van der Waals surface area contributed by atoms with Crippen molar-refractivity contribution in [2.75, 3.05) is 6.54 Å². The minimum absolute atomic E-state index is 0.0599. The molecule has 2 aromatic carbocycles. The number of aromatic nitrogens is 1. The molecule has 0 spiro atoms. The van der Waals surface area contributed by atoms with Gasteiger partial charge in [-0.15, -0.1) is 0 Å². The minimum atomic E-state index is -0.427. The van der Waals surface area contributed by atoms with Crippen molar-refractivity contribution in [3.63, 3.8) is 0 Å². The van der Waals surface area contributed by atoms with Crippen molar-refractivity contribution < 1.29 is 9.59 Å². The maximum atomic E-state index is 13.7. The van der Waals surface area contributed by atoms with E-state index < -0.39 is 6.04 Å². The van der Waals surface area contributed by atoms with E-state index in [1.807, 2.05) is 40.1 Å². The van der Waals surface area contributed by atoms with Gasteiger partial charge in [0, 0.05) is 29.1 Å². The number of aromatic amines is 1. The van der Waals surface area contributed by atoms with Gasteiger partial charge < -0.3 is 14.8 Å². The number of rotatable bonds is 2. The first-order valence-electron chi connectivity index (χ1n) is 11.0. The van der Waals surface area contributed by atoms with E-state index in [2.05, 4.69) is 29.2 Å². The second kappa shape index (κ2) is 6.73. The first-order valence-corrected chi connectivity index (χ1v) is 11.0. The standard InChI is InChI=1S/C25H25N3O2/c29-22-15-27(17-10-4-5-11-17)25(30)21-14-19-18-12-6-7-13-20(18)26-23(19)24(28(21)22)16-8-2-1-3-9-16/h1-3,6-9,12-13,17,21,24,26H,4-5,10-11,14-15H2/t21-,24?/m0/s1. The van der Waals surface area contributed by atoms with Gasteiger partial charge >= 0.3 is 0 Å². The molecule has 30 heavy (non-hydrogen) atoms. The molecule has 2 aliphatic heterocycles. The fourth-order valence-corrected chi connectivity index (χ4v) is 5.79. The SMILES string of the molecule is O=C1[C@@H]2Cc3c([nH]c4ccccc34)C(c3ccccc3)N2C(=O)CN1C1CCCC1. The first-order chi connectivity index (χ1) is 14.7. The highest BCUT2D eigenvalue weighted by Crippen LogP contribution is 2.43. The molecule has 2 atom stereocenters. The molecule has 1 saturated carbocycles. The van der Waals surface area contributed by atoms with E-state index in [0.29, 0.717) is 6.42 Å². The molecule has 3 aromatic rings. The zero-order valence-corrected chi connectivity index (χ0v) is 16.9. The number of fused-ring (bicyclic) bond motifs is 4. The van der Waals surface area contributed by atoms with Gasteiger partial charge in [0.25, 0.3) is 0 Å². The number of amides is 2. The van der Waals surface area contributed by atoms with Gasteiger partial charge in [-0.1, -0.05) is 61.4 Å². The normalized spacial score (nSPS) is 24.4. The van der Waals surface area contributed by atoms with E-state index in [4.69, 9.17) is 0 Å². The highest BCUT2D eigenvalue weighted by atomic mass is 16.2. The Hall–Kier alpha value is -3.08. The lowest BCUT2D eigenvalue weighted by atomic mass is 9.86. The summed E-state index contributed by atoms with van der Waals surface area (Å²) in [6.45, 7) is 0.207. The number of nitrogens with zero attached hydrogens (tertiary/aromatic N) is 2. The van der Waals surface area contributed by atoms with Crippen LogP contribution in [0.25, 0.3) is 10.9 Å². The molecule has 2 fully saturated rings. The second-order valence-electron chi connectivity index (χ2n) is 8.80. The Morgan fingerprint density at radius 1 is 0.900 bits per heavy atom. The van der Waals surface area contributed by atoms with Crippen molar-refractivity contribution in [1.82, 2.24) is 14.8 Å². The molecule has 6 rings (SSSR count). The predicted octanol–water partition coefficient (Wildman–Crippen LogP) is 3.80. The van der Waals surface area contributed by atoms with Crippen LogP contribution in [0.4, 0.5) is 0 Å². The second-order valence-corrected chi connectivity index (χ2v) is 8.80. The third kappa shape index (κ3) is 2.54. The molecule has 3 heterocycles. The van der Waals surface area contributed by atoms with Crippen molar-refractivity contribution in [3.05, 3.63) is 71.4 Å². The number of hydrogen-bond donors (Lipinski definition) is 1. The van der Waals surface area contributed by atoms with E-state index in [-0.39, 0.29) is 30.4 Å². The van der Waals surface area contributed by atoms with Crippen molar-refractivity contribution in [1.29, 1.82) is 0 Å². The molecule has 5 nitrogen and oxygen atoms in total. The Labute approximate surface area is 175 Å². The summed E-state index contributed by atoms with van der Waals surface area (Å²) in [5, 5.41) is 1.16. The summed E-state index contributed by atoms with van der Waals surface area (Å²) in [6, 6.07) is 17.9. The molecule has 1 unspecified atom stereocenters. The fraction of sp³-hybridized carbons (Fsp3) is 0.360. The molecular formula is C25H25N3O2. The zero-order chi connectivity index (χ0) is 20.2. The summed E-state index contributed by atoms with van der Waals surface area (Å²) in [7, 11) is 0. The average Bonchev–Trinajstić information content (AvgIpc) is 3.43. The smallest absolute Gasteiger partial charge is 0.246 e. The number of benzene rings is 2. The average molecular weight is 399 g/mol. The van der Waals surface area contributed by atoms with Crippen LogP contribution >= 0.6 is 0 Å². The van der Waals surface area contributed by atoms with Crippen LogP contribution in [-0.2, 0) is 16.0 Å². The summed E-state index contributed by atoms with van der Waals surface area (Å²) in [5.74, 6) is 0.183. The lowest BCUT2D eigenvalue weighted by molar-refractivity contribution is -0.160. The van der Waals surface area contributed by atoms with Gasteiger partial charge in [0.05, 0.1) is 6.04 Å². The van der Waals surface area contributed by atoms with E-state index in [9.17, 15) is 9.59 Å². The Morgan fingerprint density at radius 3 is 2.43 bits per heavy atom. The monoisotopic (exact) mass is 399 g/mol. The number of H-pyrrole nitrogens is 1. The largest absolute Gasteiger partial charge is 0.356 e. The maximum absolute atomic E-state index is 13.7. The lowest BCUT2D eigenvalue weighted by Gasteiger charge is -2.48. The Morgan fingerprint density at radius 2 is 1.63 bits per heavy atom. The molecule has 5 heteroatoms. The van der Waals surface area contributed by atoms with Gasteiger partial charge in [-0.05, 0) is 30.0 Å². The van der Waals surface area contributed by atoms with Gasteiger partial charge in [0.1, 0.15) is 12.6 Å². The summed E-state index contributed by atoms with van der Waals surface area (Å²) >= 11 is 0. The van der Waals surface area contributed by atoms with Gasteiger partial charge in [0.2, 0.25) is 11.8 Å². The molecule has 152 valence electrons. The van der Waals surface area contributed by atoms with Gasteiger partial charge in [-0.25, -0.2) is 0 Å². The number of carbonyl (C=O) groups is 2. The van der Waals surface area contributed by atoms with Crippen LogP contribution in [0.15, 0.2) is 54.6 Å². The molecule has 3 aliphatic rings. The van der Waals surface area contributed by atoms with E-state index >= 15 is 0 Å². The highest BCUT2D eigenvalue weighted by Gasteiger charge is 2.49. The van der Waals surface area contributed by atoms with Crippen molar-refractivity contribution in [3.8, 4) is 0 Å². The van der Waals surface area contributed by atoms with Crippen molar-refractivity contribution in [2.45, 2.75) is 50.2 Å². The van der Waals surface area contributed by atoms with E-state index in [0.717, 1.165) is 47.8 Å². The van der Waals surface area contributed by atoms with Crippen LogP contribution in [-0.4, -0.2) is 45.2 Å². The topological polar surface area (TPSA) is 56.4 Å². The molecule has 0 bridgehead atoms. The van der Waals surface area contributed by atoms with Crippen LogP contribution in [0.2, 0.25) is 0 Å². The first kappa shape index (κ1) is 17.8. The van der Waals surface area contributed by atoms with Crippen LogP contribution in [0, 0.1) is 0 Å². The molecule has 1 aliphatic carbocycles. The summed E-state index contributed by atoms with van der Waals surface area (Å²) in [4.78, 5) is 34.5. The van der Waals surface area contributed by atoms with E-state index in [1.54, 1.807) is 0 Å². The molecular weight excluding hydrogens is 374 g/mol. The third-order valence-electron chi connectivity index (χ3n) is 7.17. The third-order valence-corrected chi connectivity index (χ3v) is 7.17. The number of hydrogen-bond acceptors (Lipinski definition) is 2. The fourth-order valence-electron chi connectivity index (χ4n) is 5.79. The summed E-state index contributed by atoms with van der Waals surface area (Å²) in [5.41, 5.74) is 4.34. The lowest BCUT2D eigenvalue weighted by Crippen LogP contribution is -2.64. The number of carbonyl (C=O) groups excluding carboxylic acids is 2. The number of piperazine rings is 1. The van der Waals surface area contributed by atoms with Crippen molar-refractivity contribution >= 4 is 22.7 Å². The summed E-state index contributed by atoms with van der Waals surface area (Å²) < 4.78 is 0.